The second-order valence-electron chi connectivity index (χ2n) is 7.67. The van der Waals surface area contributed by atoms with Gasteiger partial charge in [0.25, 0.3) is 5.91 Å². The molecule has 2 aliphatic rings. The van der Waals surface area contributed by atoms with Crippen LogP contribution in [-0.2, 0) is 0 Å². The van der Waals surface area contributed by atoms with Crippen LogP contribution in [0.1, 0.15) is 35.3 Å². The van der Waals surface area contributed by atoms with Crippen LogP contribution in [0.3, 0.4) is 0 Å². The fraction of sp³-hybridized carbons (Fsp3) is 0.167. The standard InChI is InChI=1S/C24H19FN2O3/c1-24-15-20(19-9-5-6-10-21(19)30-24)26(22(28)16-7-3-2-4-8-16)23(29)27(24)18-13-11-17(25)12-14-18/h2-14,20H,15H2,1H3/t20-,24-/m0/s1. The van der Waals surface area contributed by atoms with Crippen LogP contribution in [0.5, 0.6) is 5.75 Å². The SMILES string of the molecule is C[C@@]12C[C@@H](c3ccccc3O1)N(C(=O)c1ccccc1)C(=O)N2c1ccc(F)cc1. The summed E-state index contributed by atoms with van der Waals surface area (Å²) in [5.41, 5.74) is 0.679. The van der Waals surface area contributed by atoms with Gasteiger partial charge in [-0.1, -0.05) is 36.4 Å². The Hall–Kier alpha value is -3.67. The Morgan fingerprint density at radius 2 is 1.67 bits per heavy atom. The molecule has 5 rings (SSSR count). The molecule has 6 heteroatoms. The van der Waals surface area contributed by atoms with E-state index < -0.39 is 23.6 Å². The van der Waals surface area contributed by atoms with Crippen molar-refractivity contribution in [3.8, 4) is 5.75 Å². The summed E-state index contributed by atoms with van der Waals surface area (Å²) in [5, 5.41) is 0. The molecule has 0 aliphatic carbocycles. The van der Waals surface area contributed by atoms with E-state index in [0.29, 0.717) is 23.4 Å². The molecule has 1 fully saturated rings. The maximum Gasteiger partial charge on any atom is 0.335 e. The zero-order valence-corrected chi connectivity index (χ0v) is 16.3. The first-order valence-corrected chi connectivity index (χ1v) is 9.74. The molecule has 3 aromatic rings. The number of imide groups is 1. The third kappa shape index (κ3) is 2.76. The maximum atomic E-state index is 13.7. The number of carbonyl (C=O) groups excluding carboxylic acids is 2. The van der Waals surface area contributed by atoms with Gasteiger partial charge in [0.2, 0.25) is 0 Å². The molecule has 30 heavy (non-hydrogen) atoms. The average Bonchev–Trinajstić information content (AvgIpc) is 2.75. The molecule has 0 N–H and O–H groups in total. The molecule has 2 atom stereocenters. The van der Waals surface area contributed by atoms with E-state index in [9.17, 15) is 14.0 Å². The van der Waals surface area contributed by atoms with Gasteiger partial charge in [0.1, 0.15) is 11.6 Å². The lowest BCUT2D eigenvalue weighted by Crippen LogP contribution is -2.67. The number of para-hydroxylation sites is 1. The number of halogens is 1. The van der Waals surface area contributed by atoms with Crippen LogP contribution in [0.15, 0.2) is 78.9 Å². The van der Waals surface area contributed by atoms with Crippen LogP contribution < -0.4 is 9.64 Å². The molecule has 0 spiro atoms. The second-order valence-corrected chi connectivity index (χ2v) is 7.67. The molecule has 0 aromatic heterocycles. The molecule has 1 saturated heterocycles. The highest BCUT2D eigenvalue weighted by molar-refractivity contribution is 6.10. The summed E-state index contributed by atoms with van der Waals surface area (Å²) in [7, 11) is 0. The van der Waals surface area contributed by atoms with Crippen LogP contribution >= 0.6 is 0 Å². The number of fused-ring (bicyclic) bond motifs is 4. The summed E-state index contributed by atoms with van der Waals surface area (Å²) in [4.78, 5) is 29.9. The third-order valence-electron chi connectivity index (χ3n) is 5.69. The van der Waals surface area contributed by atoms with Crippen molar-refractivity contribution in [2.75, 3.05) is 4.90 Å². The molecule has 150 valence electrons. The van der Waals surface area contributed by atoms with Crippen molar-refractivity contribution in [1.29, 1.82) is 0 Å². The van der Waals surface area contributed by atoms with Gasteiger partial charge in [-0.25, -0.2) is 9.18 Å². The van der Waals surface area contributed by atoms with Gasteiger partial charge in [-0.05, 0) is 49.4 Å². The van der Waals surface area contributed by atoms with Gasteiger partial charge in [0.05, 0.1) is 6.04 Å². The Morgan fingerprint density at radius 1 is 1.00 bits per heavy atom. The molecular weight excluding hydrogens is 383 g/mol. The molecule has 3 amide bonds. The van der Waals surface area contributed by atoms with Crippen molar-refractivity contribution in [2.45, 2.75) is 25.1 Å². The van der Waals surface area contributed by atoms with E-state index in [0.717, 1.165) is 5.56 Å². The minimum Gasteiger partial charge on any atom is -0.467 e. The van der Waals surface area contributed by atoms with Crippen LogP contribution in [0.25, 0.3) is 0 Å². The summed E-state index contributed by atoms with van der Waals surface area (Å²) in [5.74, 6) is -0.156. The van der Waals surface area contributed by atoms with Gasteiger partial charge < -0.3 is 4.74 Å². The van der Waals surface area contributed by atoms with Crippen molar-refractivity contribution >= 4 is 17.6 Å². The highest BCUT2D eigenvalue weighted by Gasteiger charge is 2.55. The molecular formula is C24H19FN2O3. The second kappa shape index (κ2) is 6.69. The topological polar surface area (TPSA) is 49.9 Å². The Balaban J connectivity index is 1.67. The summed E-state index contributed by atoms with van der Waals surface area (Å²) in [6, 6.07) is 20.8. The number of nitrogens with zero attached hydrogens (tertiary/aromatic N) is 2. The molecule has 0 unspecified atom stereocenters. The molecule has 2 bridgehead atoms. The van der Waals surface area contributed by atoms with E-state index in [-0.39, 0.29) is 5.91 Å². The van der Waals surface area contributed by atoms with Crippen LogP contribution in [0.2, 0.25) is 0 Å². The number of benzene rings is 3. The van der Waals surface area contributed by atoms with Crippen molar-refractivity contribution in [3.05, 3.63) is 95.8 Å². The van der Waals surface area contributed by atoms with Gasteiger partial charge in [0, 0.05) is 23.2 Å². The molecule has 2 heterocycles. The van der Waals surface area contributed by atoms with E-state index in [1.54, 1.807) is 24.3 Å². The van der Waals surface area contributed by atoms with Crippen molar-refractivity contribution in [3.63, 3.8) is 0 Å². The van der Waals surface area contributed by atoms with Gasteiger partial charge in [0.15, 0.2) is 5.72 Å². The summed E-state index contributed by atoms with van der Waals surface area (Å²) >= 11 is 0. The number of anilines is 1. The fourth-order valence-electron chi connectivity index (χ4n) is 4.33. The number of ether oxygens (including phenoxy) is 1. The molecule has 5 nitrogen and oxygen atoms in total. The number of rotatable bonds is 2. The molecule has 0 saturated carbocycles. The predicted octanol–water partition coefficient (Wildman–Crippen LogP) is 5.15. The first-order valence-electron chi connectivity index (χ1n) is 9.74. The predicted molar refractivity (Wildman–Crippen MR) is 110 cm³/mol. The summed E-state index contributed by atoms with van der Waals surface area (Å²) in [6.07, 6.45) is 0.395. The number of urea groups is 1. The van der Waals surface area contributed by atoms with E-state index in [1.165, 1.54) is 34.1 Å². The maximum absolute atomic E-state index is 13.7. The largest absolute Gasteiger partial charge is 0.467 e. The summed E-state index contributed by atoms with van der Waals surface area (Å²) < 4.78 is 19.8. The Kier molecular flexibility index (Phi) is 4.10. The number of carbonyl (C=O) groups is 2. The zero-order chi connectivity index (χ0) is 20.9. The lowest BCUT2D eigenvalue weighted by atomic mass is 9.88. The van der Waals surface area contributed by atoms with Crippen molar-refractivity contribution < 1.29 is 18.7 Å². The first kappa shape index (κ1) is 18.4. The molecule has 2 aliphatic heterocycles. The Morgan fingerprint density at radius 3 is 2.40 bits per heavy atom. The first-order chi connectivity index (χ1) is 14.5. The van der Waals surface area contributed by atoms with Crippen molar-refractivity contribution in [2.24, 2.45) is 0 Å². The van der Waals surface area contributed by atoms with Crippen LogP contribution in [0, 0.1) is 5.82 Å². The number of amides is 3. The van der Waals surface area contributed by atoms with Gasteiger partial charge >= 0.3 is 6.03 Å². The summed E-state index contributed by atoms with van der Waals surface area (Å²) in [6.45, 7) is 1.82. The van der Waals surface area contributed by atoms with E-state index in [2.05, 4.69) is 0 Å². The zero-order valence-electron chi connectivity index (χ0n) is 16.3. The Labute approximate surface area is 173 Å². The van der Waals surface area contributed by atoms with E-state index in [4.69, 9.17) is 4.74 Å². The highest BCUT2D eigenvalue weighted by Crippen LogP contribution is 2.49. The monoisotopic (exact) mass is 402 g/mol. The quantitative estimate of drug-likeness (QED) is 0.596. The van der Waals surface area contributed by atoms with Gasteiger partial charge in [-0.15, -0.1) is 0 Å². The normalized spacial score (nSPS) is 22.3. The number of hydrogen-bond donors (Lipinski definition) is 0. The van der Waals surface area contributed by atoms with E-state index in [1.807, 2.05) is 37.3 Å². The smallest absolute Gasteiger partial charge is 0.335 e. The van der Waals surface area contributed by atoms with Gasteiger partial charge in [-0.3, -0.25) is 14.6 Å². The van der Waals surface area contributed by atoms with Crippen LogP contribution in [-0.4, -0.2) is 22.6 Å². The van der Waals surface area contributed by atoms with E-state index >= 15 is 0 Å². The minimum atomic E-state index is -1.01. The van der Waals surface area contributed by atoms with Gasteiger partial charge in [-0.2, -0.15) is 0 Å². The fourth-order valence-corrected chi connectivity index (χ4v) is 4.33. The van der Waals surface area contributed by atoms with Crippen LogP contribution in [0.4, 0.5) is 14.9 Å². The lowest BCUT2D eigenvalue weighted by Gasteiger charge is -2.53. The highest BCUT2D eigenvalue weighted by atomic mass is 19.1. The Bertz CT molecular complexity index is 1130. The number of hydrogen-bond acceptors (Lipinski definition) is 3. The lowest BCUT2D eigenvalue weighted by molar-refractivity contribution is 0.00267. The molecule has 3 aromatic carbocycles. The van der Waals surface area contributed by atoms with Crippen molar-refractivity contribution in [1.82, 2.24) is 4.90 Å². The third-order valence-corrected chi connectivity index (χ3v) is 5.69. The minimum absolute atomic E-state index is 0.378. The average molecular weight is 402 g/mol. The molecule has 0 radical (unpaired) electrons.